The number of fused-ring (bicyclic) bond motifs is 1. The number of aliphatic imine (C=N–C) groups is 1. The number of nitrogens with one attached hydrogen (secondary N) is 1. The number of rotatable bonds is 8. The molecule has 0 aliphatic carbocycles. The lowest BCUT2D eigenvalue weighted by Crippen LogP contribution is -2.40. The average molecular weight is 485 g/mol. The first-order valence-electron chi connectivity index (χ1n) is 11.7. The fourth-order valence-electron chi connectivity index (χ4n) is 4.69. The number of piperidine rings is 1. The Kier molecular flexibility index (Phi) is 7.95. The number of hydrogen-bond donors (Lipinski definition) is 1. The predicted octanol–water partition coefficient (Wildman–Crippen LogP) is 3.44. The summed E-state index contributed by atoms with van der Waals surface area (Å²) in [5.74, 6) is 0.165. The summed E-state index contributed by atoms with van der Waals surface area (Å²) < 4.78 is 10.7. The molecule has 8 nitrogen and oxygen atoms in total. The molecule has 4 rings (SSSR count). The molecule has 34 heavy (non-hydrogen) atoms. The van der Waals surface area contributed by atoms with Gasteiger partial charge in [0.1, 0.15) is 5.75 Å². The van der Waals surface area contributed by atoms with Crippen LogP contribution in [0.1, 0.15) is 44.2 Å². The molecule has 1 N–H and O–H groups in total. The molecule has 0 spiro atoms. The van der Waals surface area contributed by atoms with Crippen LogP contribution in [-0.2, 0) is 14.3 Å². The van der Waals surface area contributed by atoms with Crippen LogP contribution in [0.15, 0.2) is 51.6 Å². The van der Waals surface area contributed by atoms with Crippen molar-refractivity contribution in [2.75, 3.05) is 40.4 Å². The van der Waals surface area contributed by atoms with E-state index in [4.69, 9.17) is 9.47 Å². The number of amides is 1. The number of para-hydroxylation sites is 1. The highest BCUT2D eigenvalue weighted by atomic mass is 32.2. The lowest BCUT2D eigenvalue weighted by molar-refractivity contribution is -0.136. The van der Waals surface area contributed by atoms with Crippen LogP contribution in [0.4, 0.5) is 0 Å². The fraction of sp³-hybridized carbons (Fsp3) is 0.480. The maximum atomic E-state index is 12.8. The number of thioether (sulfide) groups is 1. The minimum Gasteiger partial charge on any atom is -0.496 e. The van der Waals surface area contributed by atoms with Crippen molar-refractivity contribution in [3.05, 3.63) is 52.2 Å². The fourth-order valence-corrected chi connectivity index (χ4v) is 5.65. The zero-order valence-corrected chi connectivity index (χ0v) is 20.8. The second-order valence-corrected chi connectivity index (χ2v) is 9.39. The van der Waals surface area contributed by atoms with Gasteiger partial charge < -0.3 is 24.6 Å². The highest BCUT2D eigenvalue weighted by Gasteiger charge is 2.42. The van der Waals surface area contributed by atoms with Crippen LogP contribution in [-0.4, -0.2) is 67.2 Å². The first kappa shape index (κ1) is 24.3. The largest absolute Gasteiger partial charge is 0.496 e. The molecule has 1 unspecified atom stereocenters. The summed E-state index contributed by atoms with van der Waals surface area (Å²) in [6, 6.07) is 7.10. The Morgan fingerprint density at radius 2 is 1.94 bits per heavy atom. The summed E-state index contributed by atoms with van der Waals surface area (Å²) in [7, 11) is 2.97. The number of nitrogens with zero attached hydrogens (tertiary/aromatic N) is 3. The number of ether oxygens (including phenoxy) is 2. The van der Waals surface area contributed by atoms with E-state index >= 15 is 0 Å². The number of carbonyl (C=O) groups is 2. The standard InChI is InChI=1S/C25H32N4O4S/c1-17-22(24(31)33-3)23(19-9-5-6-10-20(19)32-2)29-18(16-34-25(29)27-17)15-21(30)26-11-14-28-12-7-4-8-13-28/h5-6,9-10,16,23H,4,7-8,11-15H2,1-3H3,(H,26,30). The maximum Gasteiger partial charge on any atom is 0.338 e. The van der Waals surface area contributed by atoms with E-state index in [1.54, 1.807) is 7.11 Å². The van der Waals surface area contributed by atoms with Crippen LogP contribution in [0, 0.1) is 0 Å². The number of allylic oxidation sites excluding steroid dienone is 1. The number of hydrogen-bond acceptors (Lipinski definition) is 8. The van der Waals surface area contributed by atoms with Crippen LogP contribution in [0.5, 0.6) is 5.75 Å². The number of esters is 1. The third-order valence-electron chi connectivity index (χ3n) is 6.38. The minimum atomic E-state index is -0.501. The van der Waals surface area contributed by atoms with E-state index in [-0.39, 0.29) is 12.3 Å². The van der Waals surface area contributed by atoms with E-state index in [1.807, 2.05) is 41.5 Å². The van der Waals surface area contributed by atoms with Crippen molar-refractivity contribution < 1.29 is 19.1 Å². The smallest absolute Gasteiger partial charge is 0.338 e. The number of carbonyl (C=O) groups excluding carboxylic acids is 2. The summed E-state index contributed by atoms with van der Waals surface area (Å²) in [5, 5.41) is 5.73. The van der Waals surface area contributed by atoms with Crippen molar-refractivity contribution in [1.29, 1.82) is 0 Å². The Bertz CT molecular complexity index is 1030. The van der Waals surface area contributed by atoms with Crippen molar-refractivity contribution in [1.82, 2.24) is 15.1 Å². The van der Waals surface area contributed by atoms with Crippen LogP contribution in [0.2, 0.25) is 0 Å². The van der Waals surface area contributed by atoms with E-state index in [9.17, 15) is 9.59 Å². The third kappa shape index (κ3) is 5.15. The number of likely N-dealkylation sites (tertiary alicyclic amines) is 1. The molecule has 0 saturated carbocycles. The molecule has 1 aromatic rings. The summed E-state index contributed by atoms with van der Waals surface area (Å²) in [5.41, 5.74) is 2.65. The molecule has 9 heteroatoms. The molecule has 1 atom stereocenters. The SMILES string of the molecule is COC(=O)C1=C(C)N=C2SC=C(CC(=O)NCCN3CCCCC3)N2C1c1ccccc1OC. The van der Waals surface area contributed by atoms with Gasteiger partial charge in [0.05, 0.1) is 38.0 Å². The summed E-state index contributed by atoms with van der Waals surface area (Å²) >= 11 is 1.46. The molecule has 1 saturated heterocycles. The van der Waals surface area contributed by atoms with Crippen molar-refractivity contribution >= 4 is 28.8 Å². The molecule has 1 amide bonds. The zero-order chi connectivity index (χ0) is 24.1. The molecule has 3 heterocycles. The topological polar surface area (TPSA) is 83.5 Å². The van der Waals surface area contributed by atoms with Gasteiger partial charge in [-0.05, 0) is 44.3 Å². The molecule has 1 aromatic carbocycles. The monoisotopic (exact) mass is 484 g/mol. The quantitative estimate of drug-likeness (QED) is 0.566. The van der Waals surface area contributed by atoms with Gasteiger partial charge in [-0.2, -0.15) is 0 Å². The first-order chi connectivity index (χ1) is 16.5. The Labute approximate surface area is 205 Å². The Hall–Kier alpha value is -2.78. The molecule has 0 radical (unpaired) electrons. The predicted molar refractivity (Wildman–Crippen MR) is 133 cm³/mol. The van der Waals surface area contributed by atoms with Gasteiger partial charge in [0.2, 0.25) is 5.91 Å². The highest BCUT2D eigenvalue weighted by Crippen LogP contribution is 2.46. The molecular formula is C25H32N4O4S. The molecule has 0 bridgehead atoms. The van der Waals surface area contributed by atoms with Crippen molar-refractivity contribution in [3.8, 4) is 5.75 Å². The summed E-state index contributed by atoms with van der Waals surface area (Å²) in [6.45, 7) is 5.52. The Balaban J connectivity index is 1.54. The normalized spacial score (nSPS) is 20.4. The van der Waals surface area contributed by atoms with E-state index in [1.165, 1.54) is 38.1 Å². The zero-order valence-electron chi connectivity index (χ0n) is 20.0. The second kappa shape index (κ2) is 11.1. The van der Waals surface area contributed by atoms with Gasteiger partial charge in [-0.1, -0.05) is 36.4 Å². The Morgan fingerprint density at radius 3 is 2.68 bits per heavy atom. The molecule has 3 aliphatic heterocycles. The molecular weight excluding hydrogens is 452 g/mol. The molecule has 0 aromatic heterocycles. The van der Waals surface area contributed by atoms with Crippen LogP contribution in [0.3, 0.4) is 0 Å². The van der Waals surface area contributed by atoms with Gasteiger partial charge in [-0.3, -0.25) is 4.79 Å². The van der Waals surface area contributed by atoms with E-state index < -0.39 is 12.0 Å². The van der Waals surface area contributed by atoms with Gasteiger partial charge in [0, 0.05) is 24.4 Å². The van der Waals surface area contributed by atoms with Gasteiger partial charge in [0.15, 0.2) is 5.17 Å². The lowest BCUT2D eigenvalue weighted by Gasteiger charge is -2.36. The molecule has 3 aliphatic rings. The second-order valence-electron chi connectivity index (χ2n) is 8.56. The molecule has 1 fully saturated rings. The van der Waals surface area contributed by atoms with Crippen LogP contribution in [0.25, 0.3) is 0 Å². The summed E-state index contributed by atoms with van der Waals surface area (Å²) in [6.07, 6.45) is 3.96. The molecule has 182 valence electrons. The van der Waals surface area contributed by atoms with E-state index in [2.05, 4.69) is 15.2 Å². The minimum absolute atomic E-state index is 0.0465. The number of benzene rings is 1. The lowest BCUT2D eigenvalue weighted by atomic mass is 9.93. The van der Waals surface area contributed by atoms with Gasteiger partial charge in [-0.25, -0.2) is 9.79 Å². The maximum absolute atomic E-state index is 12.8. The number of methoxy groups -OCH3 is 2. The summed E-state index contributed by atoms with van der Waals surface area (Å²) in [4.78, 5) is 34.7. The Morgan fingerprint density at radius 1 is 1.18 bits per heavy atom. The van der Waals surface area contributed by atoms with Gasteiger partial charge >= 0.3 is 5.97 Å². The van der Waals surface area contributed by atoms with Crippen molar-refractivity contribution in [2.24, 2.45) is 4.99 Å². The van der Waals surface area contributed by atoms with Gasteiger partial charge in [-0.15, -0.1) is 0 Å². The first-order valence-corrected chi connectivity index (χ1v) is 12.6. The van der Waals surface area contributed by atoms with Crippen LogP contribution < -0.4 is 10.1 Å². The van der Waals surface area contributed by atoms with E-state index in [0.717, 1.165) is 36.1 Å². The average Bonchev–Trinajstić information content (AvgIpc) is 3.25. The number of amidine groups is 1. The van der Waals surface area contributed by atoms with E-state index in [0.29, 0.717) is 23.6 Å². The van der Waals surface area contributed by atoms with Crippen molar-refractivity contribution in [2.45, 2.75) is 38.6 Å². The van der Waals surface area contributed by atoms with Gasteiger partial charge in [0.25, 0.3) is 0 Å². The third-order valence-corrected chi connectivity index (χ3v) is 7.27. The van der Waals surface area contributed by atoms with Crippen molar-refractivity contribution in [3.63, 3.8) is 0 Å². The highest BCUT2D eigenvalue weighted by molar-refractivity contribution is 8.16. The van der Waals surface area contributed by atoms with Crippen LogP contribution >= 0.6 is 11.8 Å².